The van der Waals surface area contributed by atoms with Gasteiger partial charge in [0.1, 0.15) is 6.54 Å². The normalized spacial score (nSPS) is 11.6. The summed E-state index contributed by atoms with van der Waals surface area (Å²) in [6.45, 7) is 1.57. The van der Waals surface area contributed by atoms with Crippen molar-refractivity contribution in [3.05, 3.63) is 29.8 Å². The van der Waals surface area contributed by atoms with Crippen LogP contribution in [0.25, 0.3) is 0 Å². The molecule has 1 atom stereocenters. The zero-order valence-corrected chi connectivity index (χ0v) is 11.6. The number of benzene rings is 1. The van der Waals surface area contributed by atoms with Crippen LogP contribution in [0.5, 0.6) is 0 Å². The Balaban J connectivity index is 2.41. The number of nitrogens with one attached hydrogen (secondary N) is 2. The maximum atomic E-state index is 11.5. The predicted octanol–water partition coefficient (Wildman–Crippen LogP) is 0.173. The third-order valence-electron chi connectivity index (χ3n) is 2.51. The number of rotatable bonds is 6. The second-order valence-electron chi connectivity index (χ2n) is 4.14. The van der Waals surface area contributed by atoms with E-state index in [1.807, 2.05) is 7.05 Å². The van der Waals surface area contributed by atoms with E-state index in [2.05, 4.69) is 41.8 Å². The molecule has 1 rings (SSSR count). The van der Waals surface area contributed by atoms with Gasteiger partial charge in [0.15, 0.2) is 6.54 Å². The molecule has 4 heteroatoms. The summed E-state index contributed by atoms with van der Waals surface area (Å²) < 4.78 is 0. The number of likely N-dealkylation sites (N-methyl/N-ethyl adjacent to an activating group) is 1. The van der Waals surface area contributed by atoms with Gasteiger partial charge in [0.2, 0.25) is 0 Å². The molecule has 0 aliphatic heterocycles. The summed E-state index contributed by atoms with van der Waals surface area (Å²) in [5.41, 5.74) is 1.23. The maximum absolute atomic E-state index is 11.5. The first-order valence-corrected chi connectivity index (χ1v) is 7.02. The molecule has 0 saturated carbocycles. The molecule has 0 bridgehead atoms. The minimum atomic E-state index is -0.00816. The summed E-state index contributed by atoms with van der Waals surface area (Å²) in [7, 11) is 2.00. The molecule has 0 heterocycles. The highest BCUT2D eigenvalue weighted by atomic mass is 32.2. The predicted molar refractivity (Wildman–Crippen MR) is 75.5 cm³/mol. The molecule has 1 aromatic rings. The van der Waals surface area contributed by atoms with E-state index in [-0.39, 0.29) is 5.91 Å². The zero-order chi connectivity index (χ0) is 13.4. The fourth-order valence-corrected chi connectivity index (χ4v) is 2.05. The number of hydrogen-bond acceptors (Lipinski definition) is 2. The summed E-state index contributed by atoms with van der Waals surface area (Å²) in [6, 6.07) is 8.42. The van der Waals surface area contributed by atoms with Crippen molar-refractivity contribution in [2.24, 2.45) is 0 Å². The SMILES string of the molecule is C#CCNC(=O)C[NH+](C)Cc1ccc(SC)cc1. The number of quaternary nitrogens is 1. The molecular weight excluding hydrogens is 244 g/mol. The number of hydrogen-bond donors (Lipinski definition) is 2. The molecule has 0 spiro atoms. The molecule has 2 N–H and O–H groups in total. The minimum Gasteiger partial charge on any atom is -0.340 e. The maximum Gasteiger partial charge on any atom is 0.275 e. The van der Waals surface area contributed by atoms with Crippen LogP contribution in [0, 0.1) is 12.3 Å². The van der Waals surface area contributed by atoms with E-state index in [0.717, 1.165) is 11.4 Å². The van der Waals surface area contributed by atoms with Gasteiger partial charge in [-0.05, 0) is 18.4 Å². The molecule has 0 aromatic heterocycles. The van der Waals surface area contributed by atoms with Crippen molar-refractivity contribution in [1.29, 1.82) is 0 Å². The van der Waals surface area contributed by atoms with Gasteiger partial charge in [-0.25, -0.2) is 0 Å². The van der Waals surface area contributed by atoms with Crippen LogP contribution in [0.3, 0.4) is 0 Å². The second kappa shape index (κ2) is 7.80. The Labute approximate surface area is 113 Å². The molecule has 0 aliphatic rings. The lowest BCUT2D eigenvalue weighted by Gasteiger charge is -2.13. The van der Waals surface area contributed by atoms with Gasteiger partial charge in [-0.1, -0.05) is 18.1 Å². The molecule has 0 aliphatic carbocycles. The van der Waals surface area contributed by atoms with E-state index in [9.17, 15) is 4.79 Å². The highest BCUT2D eigenvalue weighted by Gasteiger charge is 2.09. The minimum absolute atomic E-state index is 0.00816. The first-order chi connectivity index (χ1) is 8.65. The lowest BCUT2D eigenvalue weighted by molar-refractivity contribution is -0.885. The van der Waals surface area contributed by atoms with Crippen LogP contribution in [0.15, 0.2) is 29.2 Å². The summed E-state index contributed by atoms with van der Waals surface area (Å²) >= 11 is 1.73. The van der Waals surface area contributed by atoms with Crippen LogP contribution in [0.4, 0.5) is 0 Å². The quantitative estimate of drug-likeness (QED) is 0.567. The highest BCUT2D eigenvalue weighted by Crippen LogP contribution is 2.14. The summed E-state index contributed by atoms with van der Waals surface area (Å²) in [4.78, 5) is 13.9. The van der Waals surface area contributed by atoms with Crippen molar-refractivity contribution in [3.63, 3.8) is 0 Å². The van der Waals surface area contributed by atoms with Gasteiger partial charge in [-0.3, -0.25) is 4.79 Å². The van der Waals surface area contributed by atoms with Crippen LogP contribution in [-0.4, -0.2) is 32.3 Å². The third-order valence-corrected chi connectivity index (χ3v) is 3.26. The Morgan fingerprint density at radius 1 is 1.44 bits per heavy atom. The fraction of sp³-hybridized carbons (Fsp3) is 0.357. The molecule has 0 radical (unpaired) electrons. The number of terminal acetylenes is 1. The fourth-order valence-electron chi connectivity index (χ4n) is 1.64. The van der Waals surface area contributed by atoms with E-state index < -0.39 is 0 Å². The van der Waals surface area contributed by atoms with Gasteiger partial charge in [0, 0.05) is 10.5 Å². The average Bonchev–Trinajstić information content (AvgIpc) is 2.37. The van der Waals surface area contributed by atoms with Crippen molar-refractivity contribution >= 4 is 17.7 Å². The molecule has 3 nitrogen and oxygen atoms in total. The summed E-state index contributed by atoms with van der Waals surface area (Å²) in [5.74, 6) is 2.38. The van der Waals surface area contributed by atoms with Crippen LogP contribution >= 0.6 is 11.8 Å². The van der Waals surface area contributed by atoms with Gasteiger partial charge < -0.3 is 10.2 Å². The number of carbonyl (C=O) groups excluding carboxylic acids is 1. The van der Waals surface area contributed by atoms with Crippen molar-refractivity contribution in [2.45, 2.75) is 11.4 Å². The first kappa shape index (κ1) is 14.6. The Bertz CT molecular complexity index is 422. The molecule has 0 saturated heterocycles. The Morgan fingerprint density at radius 3 is 2.67 bits per heavy atom. The largest absolute Gasteiger partial charge is 0.340 e. The second-order valence-corrected chi connectivity index (χ2v) is 5.02. The molecule has 1 unspecified atom stereocenters. The lowest BCUT2D eigenvalue weighted by atomic mass is 10.2. The van der Waals surface area contributed by atoms with E-state index in [0.29, 0.717) is 13.1 Å². The van der Waals surface area contributed by atoms with Gasteiger partial charge in [-0.15, -0.1) is 18.2 Å². The van der Waals surface area contributed by atoms with Gasteiger partial charge in [-0.2, -0.15) is 0 Å². The Hall–Kier alpha value is -1.44. The van der Waals surface area contributed by atoms with Gasteiger partial charge in [0.05, 0.1) is 13.6 Å². The van der Waals surface area contributed by atoms with Crippen molar-refractivity contribution < 1.29 is 9.69 Å². The monoisotopic (exact) mass is 263 g/mol. The molecule has 0 fully saturated rings. The number of thioether (sulfide) groups is 1. The Morgan fingerprint density at radius 2 is 2.11 bits per heavy atom. The molecular formula is C14H19N2OS+. The van der Waals surface area contributed by atoms with E-state index in [4.69, 9.17) is 6.42 Å². The lowest BCUT2D eigenvalue weighted by Crippen LogP contribution is -3.08. The van der Waals surface area contributed by atoms with E-state index in [1.54, 1.807) is 11.8 Å². The smallest absolute Gasteiger partial charge is 0.275 e. The standard InChI is InChI=1S/C14H18N2OS/c1-4-9-15-14(17)11-16(2)10-12-5-7-13(18-3)8-6-12/h1,5-8H,9-11H2,2-3H3,(H,15,17)/p+1. The first-order valence-electron chi connectivity index (χ1n) is 5.80. The Kier molecular flexibility index (Phi) is 6.34. The topological polar surface area (TPSA) is 33.5 Å². The zero-order valence-electron chi connectivity index (χ0n) is 10.8. The van der Waals surface area contributed by atoms with Gasteiger partial charge in [0.25, 0.3) is 5.91 Å². The molecule has 18 heavy (non-hydrogen) atoms. The number of carbonyl (C=O) groups is 1. The van der Waals surface area contributed by atoms with Crippen molar-refractivity contribution in [1.82, 2.24) is 5.32 Å². The average molecular weight is 263 g/mol. The van der Waals surface area contributed by atoms with E-state index >= 15 is 0 Å². The van der Waals surface area contributed by atoms with Crippen molar-refractivity contribution in [2.75, 3.05) is 26.4 Å². The third kappa shape index (κ3) is 5.26. The molecule has 1 aromatic carbocycles. The van der Waals surface area contributed by atoms with Crippen LogP contribution < -0.4 is 10.2 Å². The van der Waals surface area contributed by atoms with Crippen LogP contribution in [-0.2, 0) is 11.3 Å². The summed E-state index contributed by atoms with van der Waals surface area (Å²) in [5, 5.41) is 2.67. The van der Waals surface area contributed by atoms with Gasteiger partial charge >= 0.3 is 0 Å². The highest BCUT2D eigenvalue weighted by molar-refractivity contribution is 7.98. The molecule has 1 amide bonds. The number of amides is 1. The molecule has 96 valence electrons. The van der Waals surface area contributed by atoms with Crippen LogP contribution in [0.2, 0.25) is 0 Å². The van der Waals surface area contributed by atoms with Crippen LogP contribution in [0.1, 0.15) is 5.56 Å². The van der Waals surface area contributed by atoms with E-state index in [1.165, 1.54) is 10.5 Å². The summed E-state index contributed by atoms with van der Waals surface area (Å²) in [6.07, 6.45) is 7.14. The van der Waals surface area contributed by atoms with Crippen molar-refractivity contribution in [3.8, 4) is 12.3 Å².